The Balaban J connectivity index is 1.80. The van der Waals surface area contributed by atoms with Gasteiger partial charge in [0.2, 0.25) is 5.91 Å². The molecule has 1 fully saturated rings. The highest BCUT2D eigenvalue weighted by Crippen LogP contribution is 2.33. The highest BCUT2D eigenvalue weighted by atomic mass is 16.6. The molecule has 172 valence electrons. The summed E-state index contributed by atoms with van der Waals surface area (Å²) in [5.74, 6) is -1.20. The SMILES string of the molecule is CC(C(=O)N1C(=O)O[C@@H](c2ccccc2)[C@H]1C)C(O)CCCCNC(=O)OC(C)(C)C. The van der Waals surface area contributed by atoms with Crippen molar-refractivity contribution in [3.05, 3.63) is 35.9 Å². The Morgan fingerprint density at radius 1 is 1.23 bits per heavy atom. The van der Waals surface area contributed by atoms with Gasteiger partial charge in [0.05, 0.1) is 18.1 Å². The lowest BCUT2D eigenvalue weighted by Crippen LogP contribution is -2.44. The number of unbranched alkanes of at least 4 members (excludes halogenated alkanes) is 1. The number of benzene rings is 1. The summed E-state index contributed by atoms with van der Waals surface area (Å²) < 4.78 is 10.6. The molecule has 1 aliphatic heterocycles. The van der Waals surface area contributed by atoms with E-state index in [-0.39, 0.29) is 0 Å². The highest BCUT2D eigenvalue weighted by Gasteiger charge is 2.45. The summed E-state index contributed by atoms with van der Waals surface area (Å²) in [7, 11) is 0. The molecular formula is C23H34N2O6. The Bertz CT molecular complexity index is 761. The summed E-state index contributed by atoms with van der Waals surface area (Å²) in [6.07, 6.45) is -0.970. The summed E-state index contributed by atoms with van der Waals surface area (Å²) >= 11 is 0. The van der Waals surface area contributed by atoms with Crippen molar-refractivity contribution in [3.63, 3.8) is 0 Å². The first-order chi connectivity index (χ1) is 14.5. The van der Waals surface area contributed by atoms with Gasteiger partial charge in [-0.05, 0) is 52.5 Å². The monoisotopic (exact) mass is 434 g/mol. The molecule has 2 unspecified atom stereocenters. The average molecular weight is 435 g/mol. The third-order valence-electron chi connectivity index (χ3n) is 5.20. The minimum Gasteiger partial charge on any atom is -0.444 e. The highest BCUT2D eigenvalue weighted by molar-refractivity contribution is 5.95. The second-order valence-electron chi connectivity index (χ2n) is 8.94. The molecule has 1 saturated heterocycles. The average Bonchev–Trinajstić information content (AvgIpc) is 2.99. The maximum atomic E-state index is 12.9. The van der Waals surface area contributed by atoms with Crippen LogP contribution in [-0.4, -0.2) is 52.4 Å². The van der Waals surface area contributed by atoms with Crippen LogP contribution < -0.4 is 5.32 Å². The fourth-order valence-electron chi connectivity index (χ4n) is 3.46. The van der Waals surface area contributed by atoms with E-state index in [4.69, 9.17) is 9.47 Å². The maximum absolute atomic E-state index is 12.9. The van der Waals surface area contributed by atoms with E-state index in [1.54, 1.807) is 34.6 Å². The molecule has 0 aliphatic carbocycles. The molecule has 0 aromatic heterocycles. The number of imide groups is 1. The number of amides is 3. The molecule has 2 rings (SSSR count). The molecule has 1 heterocycles. The molecule has 0 spiro atoms. The lowest BCUT2D eigenvalue weighted by atomic mass is 9.96. The molecule has 3 amide bonds. The summed E-state index contributed by atoms with van der Waals surface area (Å²) in [6, 6.07) is 8.82. The van der Waals surface area contributed by atoms with E-state index in [1.165, 1.54) is 0 Å². The second-order valence-corrected chi connectivity index (χ2v) is 8.94. The van der Waals surface area contributed by atoms with E-state index in [9.17, 15) is 19.5 Å². The topological polar surface area (TPSA) is 105 Å². The van der Waals surface area contributed by atoms with E-state index in [2.05, 4.69) is 5.32 Å². The van der Waals surface area contributed by atoms with E-state index in [0.29, 0.717) is 25.8 Å². The number of carbonyl (C=O) groups is 3. The van der Waals surface area contributed by atoms with Gasteiger partial charge in [0.25, 0.3) is 0 Å². The summed E-state index contributed by atoms with van der Waals surface area (Å²) in [5.41, 5.74) is 0.271. The number of carbonyl (C=O) groups excluding carboxylic acids is 3. The van der Waals surface area contributed by atoms with Crippen LogP contribution in [0, 0.1) is 5.92 Å². The number of nitrogens with zero attached hydrogens (tertiary/aromatic N) is 1. The molecule has 31 heavy (non-hydrogen) atoms. The molecule has 1 aromatic rings. The van der Waals surface area contributed by atoms with Gasteiger partial charge in [0.15, 0.2) is 0 Å². The van der Waals surface area contributed by atoms with Gasteiger partial charge < -0.3 is 19.9 Å². The van der Waals surface area contributed by atoms with Gasteiger partial charge in [0.1, 0.15) is 11.7 Å². The van der Waals surface area contributed by atoms with Gasteiger partial charge in [-0.15, -0.1) is 0 Å². The predicted molar refractivity (Wildman–Crippen MR) is 115 cm³/mol. The van der Waals surface area contributed by atoms with Crippen molar-refractivity contribution in [2.45, 2.75) is 77.7 Å². The van der Waals surface area contributed by atoms with Crippen LogP contribution in [-0.2, 0) is 14.3 Å². The summed E-state index contributed by atoms with van der Waals surface area (Å²) in [6.45, 7) is 9.17. The number of hydrogen-bond acceptors (Lipinski definition) is 6. The van der Waals surface area contributed by atoms with Crippen molar-refractivity contribution in [3.8, 4) is 0 Å². The number of alkyl carbamates (subject to hydrolysis) is 1. The molecule has 4 atom stereocenters. The van der Waals surface area contributed by atoms with Gasteiger partial charge in [0, 0.05) is 6.54 Å². The zero-order valence-corrected chi connectivity index (χ0v) is 19.0. The van der Waals surface area contributed by atoms with Crippen LogP contribution in [0.25, 0.3) is 0 Å². The van der Waals surface area contributed by atoms with E-state index in [1.807, 2.05) is 30.3 Å². The number of hydrogen-bond donors (Lipinski definition) is 2. The van der Waals surface area contributed by atoms with Gasteiger partial charge in [-0.25, -0.2) is 14.5 Å². The van der Waals surface area contributed by atoms with Crippen molar-refractivity contribution < 1.29 is 29.0 Å². The van der Waals surface area contributed by atoms with Crippen molar-refractivity contribution in [2.75, 3.05) is 6.54 Å². The van der Waals surface area contributed by atoms with Gasteiger partial charge in [-0.1, -0.05) is 37.3 Å². The number of ether oxygens (including phenoxy) is 2. The van der Waals surface area contributed by atoms with Gasteiger partial charge in [-0.3, -0.25) is 4.79 Å². The first-order valence-electron chi connectivity index (χ1n) is 10.7. The zero-order chi connectivity index (χ0) is 23.2. The first-order valence-corrected chi connectivity index (χ1v) is 10.7. The Hall–Kier alpha value is -2.61. The van der Waals surface area contributed by atoms with E-state index < -0.39 is 47.9 Å². The van der Waals surface area contributed by atoms with E-state index in [0.717, 1.165) is 10.5 Å². The van der Waals surface area contributed by atoms with Crippen LogP contribution in [0.1, 0.15) is 65.5 Å². The van der Waals surface area contributed by atoms with Crippen LogP contribution in [0.4, 0.5) is 9.59 Å². The van der Waals surface area contributed by atoms with Crippen LogP contribution >= 0.6 is 0 Å². The zero-order valence-electron chi connectivity index (χ0n) is 19.0. The van der Waals surface area contributed by atoms with Gasteiger partial charge >= 0.3 is 12.2 Å². The van der Waals surface area contributed by atoms with Crippen molar-refractivity contribution >= 4 is 18.1 Å². The molecular weight excluding hydrogens is 400 g/mol. The molecule has 8 nitrogen and oxygen atoms in total. The first kappa shape index (κ1) is 24.7. The van der Waals surface area contributed by atoms with Crippen LogP contribution in [0.2, 0.25) is 0 Å². The molecule has 0 radical (unpaired) electrons. The lowest BCUT2D eigenvalue weighted by Gasteiger charge is -2.25. The number of rotatable bonds is 8. The smallest absolute Gasteiger partial charge is 0.417 e. The van der Waals surface area contributed by atoms with Crippen molar-refractivity contribution in [1.29, 1.82) is 0 Å². The van der Waals surface area contributed by atoms with E-state index >= 15 is 0 Å². The van der Waals surface area contributed by atoms with Crippen LogP contribution in [0.5, 0.6) is 0 Å². The minimum atomic E-state index is -0.898. The molecule has 1 aliphatic rings. The summed E-state index contributed by atoms with van der Waals surface area (Å²) in [4.78, 5) is 38.0. The summed E-state index contributed by atoms with van der Waals surface area (Å²) in [5, 5.41) is 13.1. The Kier molecular flexibility index (Phi) is 8.44. The van der Waals surface area contributed by atoms with Crippen molar-refractivity contribution in [2.24, 2.45) is 5.92 Å². The van der Waals surface area contributed by atoms with Gasteiger partial charge in [-0.2, -0.15) is 0 Å². The van der Waals surface area contributed by atoms with Crippen LogP contribution in [0.15, 0.2) is 30.3 Å². The fraction of sp³-hybridized carbons (Fsp3) is 0.609. The normalized spacial score (nSPS) is 20.7. The molecule has 2 N–H and O–H groups in total. The molecule has 0 saturated carbocycles. The Morgan fingerprint density at radius 2 is 1.87 bits per heavy atom. The molecule has 1 aromatic carbocycles. The number of cyclic esters (lactones) is 1. The predicted octanol–water partition coefficient (Wildman–Crippen LogP) is 3.79. The standard InChI is InChI=1S/C23H34N2O6/c1-15(18(26)13-9-10-14-24-21(28)31-23(3,4)5)20(27)25-16(2)19(30-22(25)29)17-11-7-6-8-12-17/h6-8,11-12,15-16,18-19,26H,9-10,13-14H2,1-5H3,(H,24,28)/t15?,16-,18?,19-/m1/s1. The third kappa shape index (κ3) is 6.95. The number of aliphatic hydroxyl groups excluding tert-OH is 1. The van der Waals surface area contributed by atoms with Crippen LogP contribution in [0.3, 0.4) is 0 Å². The maximum Gasteiger partial charge on any atom is 0.417 e. The second kappa shape index (κ2) is 10.6. The number of aliphatic hydroxyl groups is 1. The minimum absolute atomic E-state index is 0.377. The number of nitrogens with one attached hydrogen (secondary N) is 1. The third-order valence-corrected chi connectivity index (χ3v) is 5.20. The Labute approximate surface area is 183 Å². The molecule has 0 bridgehead atoms. The van der Waals surface area contributed by atoms with Crippen molar-refractivity contribution in [1.82, 2.24) is 10.2 Å². The quantitative estimate of drug-likeness (QED) is 0.603. The molecule has 8 heteroatoms. The largest absolute Gasteiger partial charge is 0.444 e. The Morgan fingerprint density at radius 3 is 2.48 bits per heavy atom. The lowest BCUT2D eigenvalue weighted by molar-refractivity contribution is -0.136. The fourth-order valence-corrected chi connectivity index (χ4v) is 3.46.